The Hall–Kier alpha value is -1.69. The van der Waals surface area contributed by atoms with Gasteiger partial charge in [-0.2, -0.15) is 5.10 Å². The van der Waals surface area contributed by atoms with Gasteiger partial charge in [-0.3, -0.25) is 9.69 Å². The molecule has 6 heteroatoms. The minimum absolute atomic E-state index is 0.0565. The third kappa shape index (κ3) is 3.66. The van der Waals surface area contributed by atoms with Crippen molar-refractivity contribution in [2.75, 3.05) is 25.0 Å². The third-order valence-corrected chi connectivity index (χ3v) is 3.53. The number of nitrogens with one attached hydrogen (secondary N) is 1. The van der Waals surface area contributed by atoms with E-state index in [2.05, 4.69) is 10.4 Å². The van der Waals surface area contributed by atoms with Crippen molar-refractivity contribution in [1.82, 2.24) is 14.7 Å². The highest BCUT2D eigenvalue weighted by Crippen LogP contribution is 2.15. The summed E-state index contributed by atoms with van der Waals surface area (Å²) in [6.07, 6.45) is 4.58. The van der Waals surface area contributed by atoms with Crippen molar-refractivity contribution in [3.63, 3.8) is 0 Å². The van der Waals surface area contributed by atoms with Crippen LogP contribution in [0.3, 0.4) is 0 Å². The number of aromatic nitrogens is 2. The second-order valence-electron chi connectivity index (χ2n) is 5.58. The number of amides is 1. The molecule has 1 aromatic heterocycles. The summed E-state index contributed by atoms with van der Waals surface area (Å²) in [5.41, 5.74) is 0. The Bertz CT molecular complexity index is 469. The monoisotopic (exact) mass is 278 g/mol. The van der Waals surface area contributed by atoms with E-state index in [9.17, 15) is 9.59 Å². The fourth-order valence-corrected chi connectivity index (χ4v) is 2.56. The van der Waals surface area contributed by atoms with Crippen LogP contribution in [0, 0.1) is 5.92 Å². The lowest BCUT2D eigenvalue weighted by molar-refractivity contribution is -0.119. The van der Waals surface area contributed by atoms with E-state index in [0.717, 1.165) is 25.7 Å². The fourth-order valence-electron chi connectivity index (χ4n) is 2.56. The molecule has 2 heterocycles. The van der Waals surface area contributed by atoms with Gasteiger partial charge in [-0.05, 0) is 33.2 Å². The Kier molecular flexibility index (Phi) is 4.89. The summed E-state index contributed by atoms with van der Waals surface area (Å²) in [5.74, 6) is 0.727. The van der Waals surface area contributed by atoms with Crippen molar-refractivity contribution < 1.29 is 9.59 Å². The van der Waals surface area contributed by atoms with Gasteiger partial charge in [0.1, 0.15) is 12.1 Å². The molecule has 0 saturated carbocycles. The molecule has 20 heavy (non-hydrogen) atoms. The van der Waals surface area contributed by atoms with Crippen molar-refractivity contribution in [1.29, 1.82) is 0 Å². The lowest BCUT2D eigenvalue weighted by Crippen LogP contribution is -2.41. The summed E-state index contributed by atoms with van der Waals surface area (Å²) in [5, 5.41) is 7.07. The van der Waals surface area contributed by atoms with E-state index >= 15 is 0 Å². The third-order valence-electron chi connectivity index (χ3n) is 3.53. The van der Waals surface area contributed by atoms with Gasteiger partial charge in [0, 0.05) is 24.6 Å². The molecule has 0 bridgehead atoms. The van der Waals surface area contributed by atoms with Crippen molar-refractivity contribution in [2.24, 2.45) is 5.92 Å². The summed E-state index contributed by atoms with van der Waals surface area (Å²) < 4.78 is 1.78. The molecule has 0 aromatic carbocycles. The van der Waals surface area contributed by atoms with Crippen LogP contribution in [-0.4, -0.2) is 46.5 Å². The van der Waals surface area contributed by atoms with E-state index in [1.54, 1.807) is 16.9 Å². The lowest BCUT2D eigenvalue weighted by Gasteiger charge is -2.29. The molecule has 2 rings (SSSR count). The number of rotatable bonds is 5. The topological polar surface area (TPSA) is 67.2 Å². The average molecular weight is 278 g/mol. The lowest BCUT2D eigenvalue weighted by atomic mass is 10.00. The zero-order chi connectivity index (χ0) is 14.5. The second kappa shape index (κ2) is 6.65. The number of nitrogens with zero attached hydrogens (tertiary/aromatic N) is 3. The van der Waals surface area contributed by atoms with Gasteiger partial charge >= 0.3 is 0 Å². The molecule has 1 unspecified atom stereocenters. The van der Waals surface area contributed by atoms with Crippen LogP contribution >= 0.6 is 0 Å². The second-order valence-corrected chi connectivity index (χ2v) is 5.58. The standard InChI is InChI=1S/C14H22N4O2/c1-11(2)18-13(5-6-15-18)16-14(20)9-17-7-3-4-12(8-17)10-19/h5-6,10-12H,3-4,7-9H2,1-2H3,(H,16,20). The van der Waals surface area contributed by atoms with Crippen LogP contribution in [0.2, 0.25) is 0 Å². The van der Waals surface area contributed by atoms with Crippen LogP contribution in [0.5, 0.6) is 0 Å². The van der Waals surface area contributed by atoms with Crippen LogP contribution in [0.15, 0.2) is 12.3 Å². The number of carbonyl (C=O) groups is 2. The number of aldehydes is 1. The Labute approximate surface area is 119 Å². The Morgan fingerprint density at radius 3 is 3.10 bits per heavy atom. The first-order valence-electron chi connectivity index (χ1n) is 7.11. The van der Waals surface area contributed by atoms with E-state index in [0.29, 0.717) is 18.9 Å². The molecule has 1 fully saturated rings. The van der Waals surface area contributed by atoms with Crippen LogP contribution < -0.4 is 5.32 Å². The van der Waals surface area contributed by atoms with Gasteiger partial charge in [-0.1, -0.05) is 0 Å². The minimum atomic E-state index is -0.0565. The number of anilines is 1. The maximum absolute atomic E-state index is 12.1. The molecule has 0 spiro atoms. The largest absolute Gasteiger partial charge is 0.310 e. The van der Waals surface area contributed by atoms with Crippen molar-refractivity contribution in [2.45, 2.75) is 32.7 Å². The van der Waals surface area contributed by atoms with Crippen LogP contribution in [0.1, 0.15) is 32.7 Å². The summed E-state index contributed by atoms with van der Waals surface area (Å²) in [4.78, 5) is 24.9. The average Bonchev–Trinajstić information content (AvgIpc) is 2.87. The molecule has 0 aliphatic carbocycles. The Morgan fingerprint density at radius 1 is 1.60 bits per heavy atom. The first-order valence-corrected chi connectivity index (χ1v) is 7.11. The molecule has 1 aliphatic rings. The quantitative estimate of drug-likeness (QED) is 0.825. The molecule has 1 N–H and O–H groups in total. The van der Waals surface area contributed by atoms with E-state index in [-0.39, 0.29) is 17.9 Å². The molecule has 0 radical (unpaired) electrons. The molecule has 1 atom stereocenters. The van der Waals surface area contributed by atoms with Gasteiger partial charge in [0.05, 0.1) is 12.7 Å². The zero-order valence-corrected chi connectivity index (χ0v) is 12.1. The van der Waals surface area contributed by atoms with Crippen LogP contribution in [0.4, 0.5) is 5.82 Å². The summed E-state index contributed by atoms with van der Waals surface area (Å²) >= 11 is 0. The molecule has 110 valence electrons. The molecule has 1 aromatic rings. The van der Waals surface area contributed by atoms with E-state index < -0.39 is 0 Å². The number of piperidine rings is 1. The SMILES string of the molecule is CC(C)n1nccc1NC(=O)CN1CCCC(C=O)C1. The number of hydrogen-bond acceptors (Lipinski definition) is 4. The molecule has 6 nitrogen and oxygen atoms in total. The van der Waals surface area contributed by atoms with E-state index in [4.69, 9.17) is 0 Å². The van der Waals surface area contributed by atoms with Gasteiger partial charge in [-0.15, -0.1) is 0 Å². The van der Waals surface area contributed by atoms with E-state index in [1.165, 1.54) is 0 Å². The number of likely N-dealkylation sites (tertiary alicyclic amines) is 1. The Balaban J connectivity index is 1.89. The maximum Gasteiger partial charge on any atom is 0.239 e. The predicted octanol–water partition coefficient (Wildman–Crippen LogP) is 1.31. The minimum Gasteiger partial charge on any atom is -0.310 e. The first kappa shape index (κ1) is 14.7. The van der Waals surface area contributed by atoms with Gasteiger partial charge in [0.15, 0.2) is 0 Å². The van der Waals surface area contributed by atoms with Crippen LogP contribution in [0.25, 0.3) is 0 Å². The summed E-state index contributed by atoms with van der Waals surface area (Å²) in [7, 11) is 0. The number of hydrogen-bond donors (Lipinski definition) is 1. The number of carbonyl (C=O) groups excluding carboxylic acids is 2. The van der Waals surface area contributed by atoms with Gasteiger partial charge in [0.25, 0.3) is 0 Å². The molecular formula is C14H22N4O2. The predicted molar refractivity (Wildman–Crippen MR) is 76.5 cm³/mol. The molecule has 1 saturated heterocycles. The maximum atomic E-state index is 12.1. The summed E-state index contributed by atoms with van der Waals surface area (Å²) in [6, 6.07) is 2.00. The zero-order valence-electron chi connectivity index (χ0n) is 12.1. The smallest absolute Gasteiger partial charge is 0.239 e. The first-order chi connectivity index (χ1) is 9.60. The molecule has 1 aliphatic heterocycles. The highest BCUT2D eigenvalue weighted by atomic mass is 16.2. The van der Waals surface area contributed by atoms with Crippen molar-refractivity contribution in [3.8, 4) is 0 Å². The molecule has 1 amide bonds. The van der Waals surface area contributed by atoms with Crippen molar-refractivity contribution in [3.05, 3.63) is 12.3 Å². The summed E-state index contributed by atoms with van der Waals surface area (Å²) in [6.45, 7) is 5.92. The normalized spacial score (nSPS) is 20.1. The molecular weight excluding hydrogens is 256 g/mol. The van der Waals surface area contributed by atoms with Gasteiger partial charge in [-0.25, -0.2) is 4.68 Å². The van der Waals surface area contributed by atoms with Crippen molar-refractivity contribution >= 4 is 18.0 Å². The highest BCUT2D eigenvalue weighted by molar-refractivity contribution is 5.91. The highest BCUT2D eigenvalue weighted by Gasteiger charge is 2.21. The van der Waals surface area contributed by atoms with E-state index in [1.807, 2.05) is 18.7 Å². The van der Waals surface area contributed by atoms with Crippen LogP contribution in [-0.2, 0) is 9.59 Å². The van der Waals surface area contributed by atoms with Gasteiger partial charge < -0.3 is 10.1 Å². The fraction of sp³-hybridized carbons (Fsp3) is 0.643. The van der Waals surface area contributed by atoms with Gasteiger partial charge in [0.2, 0.25) is 5.91 Å². The Morgan fingerprint density at radius 2 is 2.40 bits per heavy atom.